The summed E-state index contributed by atoms with van der Waals surface area (Å²) in [4.78, 5) is 4.59. The lowest BCUT2D eigenvalue weighted by Crippen LogP contribution is -2.20. The molecule has 0 fully saturated rings. The van der Waals surface area contributed by atoms with Gasteiger partial charge in [-0.05, 0) is 31.5 Å². The molecular formula is C15H20N2O. The maximum absolute atomic E-state index is 9.44. The number of fused-ring (bicyclic) bond motifs is 1. The summed E-state index contributed by atoms with van der Waals surface area (Å²) in [6.07, 6.45) is 1.42. The number of hydrogen-bond donors (Lipinski definition) is 2. The molecule has 3 heteroatoms. The minimum atomic E-state index is -0.193. The molecule has 0 amide bonds. The van der Waals surface area contributed by atoms with Crippen LogP contribution in [0.25, 0.3) is 10.9 Å². The van der Waals surface area contributed by atoms with Crippen molar-refractivity contribution in [2.45, 2.75) is 32.4 Å². The molecule has 18 heavy (non-hydrogen) atoms. The topological polar surface area (TPSA) is 45.1 Å². The summed E-state index contributed by atoms with van der Waals surface area (Å²) in [6.45, 7) is 3.57. The van der Waals surface area contributed by atoms with Crippen molar-refractivity contribution in [3.8, 4) is 0 Å². The van der Waals surface area contributed by atoms with Gasteiger partial charge in [-0.1, -0.05) is 31.2 Å². The Balaban J connectivity index is 1.88. The maximum Gasteiger partial charge on any atom is 0.0705 e. The lowest BCUT2D eigenvalue weighted by molar-refractivity contribution is 0.159. The van der Waals surface area contributed by atoms with Gasteiger partial charge in [-0.25, -0.2) is 0 Å². The molecule has 0 aliphatic heterocycles. The quantitative estimate of drug-likeness (QED) is 0.767. The molecule has 0 radical (unpaired) electrons. The van der Waals surface area contributed by atoms with Gasteiger partial charge in [0.25, 0.3) is 0 Å². The first-order chi connectivity index (χ1) is 8.79. The SMILES string of the molecule is CCC(O)CCNCc1ccc2ccccc2n1. The summed E-state index contributed by atoms with van der Waals surface area (Å²) in [7, 11) is 0. The fraction of sp³-hybridized carbons (Fsp3) is 0.400. The van der Waals surface area contributed by atoms with Crippen LogP contribution in [0, 0.1) is 0 Å². The Hall–Kier alpha value is -1.45. The van der Waals surface area contributed by atoms with Crippen molar-refractivity contribution in [3.63, 3.8) is 0 Å². The molecule has 3 nitrogen and oxygen atoms in total. The summed E-state index contributed by atoms with van der Waals surface area (Å²) >= 11 is 0. The number of rotatable bonds is 6. The monoisotopic (exact) mass is 244 g/mol. The molecule has 1 unspecified atom stereocenters. The molecule has 0 aliphatic carbocycles. The van der Waals surface area contributed by atoms with Gasteiger partial charge >= 0.3 is 0 Å². The van der Waals surface area contributed by atoms with Crippen molar-refractivity contribution < 1.29 is 5.11 Å². The Labute approximate surface area is 108 Å². The van der Waals surface area contributed by atoms with Gasteiger partial charge in [-0.3, -0.25) is 4.98 Å². The van der Waals surface area contributed by atoms with Crippen molar-refractivity contribution in [1.29, 1.82) is 0 Å². The standard InChI is InChI=1S/C15H20N2O/c1-2-14(18)9-10-16-11-13-8-7-12-5-3-4-6-15(12)17-13/h3-8,14,16,18H,2,9-11H2,1H3. The minimum absolute atomic E-state index is 0.193. The number of aliphatic hydroxyl groups excluding tert-OH is 1. The molecule has 1 aromatic heterocycles. The molecule has 96 valence electrons. The number of aromatic nitrogens is 1. The molecule has 0 spiro atoms. The molecule has 1 atom stereocenters. The van der Waals surface area contributed by atoms with E-state index in [-0.39, 0.29) is 6.10 Å². The van der Waals surface area contributed by atoms with E-state index in [1.807, 2.05) is 31.2 Å². The second-order valence-corrected chi connectivity index (χ2v) is 4.52. The third kappa shape index (κ3) is 3.52. The zero-order chi connectivity index (χ0) is 12.8. The number of nitrogens with zero attached hydrogens (tertiary/aromatic N) is 1. The highest BCUT2D eigenvalue weighted by molar-refractivity contribution is 5.78. The van der Waals surface area contributed by atoms with Crippen LogP contribution in [0.4, 0.5) is 0 Å². The first kappa shape index (κ1) is 13.0. The van der Waals surface area contributed by atoms with Gasteiger partial charge in [0, 0.05) is 11.9 Å². The Morgan fingerprint density at radius 1 is 1.22 bits per heavy atom. The fourth-order valence-corrected chi connectivity index (χ4v) is 1.90. The molecular weight excluding hydrogens is 224 g/mol. The van der Waals surface area contributed by atoms with E-state index in [1.54, 1.807) is 0 Å². The third-order valence-corrected chi connectivity index (χ3v) is 3.09. The van der Waals surface area contributed by atoms with Crippen LogP contribution in [0.3, 0.4) is 0 Å². The lowest BCUT2D eigenvalue weighted by atomic mass is 10.2. The molecule has 0 aliphatic rings. The van der Waals surface area contributed by atoms with Crippen molar-refractivity contribution in [1.82, 2.24) is 10.3 Å². The maximum atomic E-state index is 9.44. The summed E-state index contributed by atoms with van der Waals surface area (Å²) < 4.78 is 0. The van der Waals surface area contributed by atoms with Crippen LogP contribution in [0.5, 0.6) is 0 Å². The number of nitrogens with one attached hydrogen (secondary N) is 1. The summed E-state index contributed by atoms with van der Waals surface area (Å²) in [5, 5.41) is 13.9. The normalized spacial score (nSPS) is 12.8. The minimum Gasteiger partial charge on any atom is -0.393 e. The average Bonchev–Trinajstić information content (AvgIpc) is 2.43. The molecule has 2 aromatic rings. The predicted octanol–water partition coefficient (Wildman–Crippen LogP) is 2.49. The van der Waals surface area contributed by atoms with Crippen molar-refractivity contribution in [2.75, 3.05) is 6.54 Å². The summed E-state index contributed by atoms with van der Waals surface area (Å²) in [5.41, 5.74) is 2.07. The molecule has 0 saturated heterocycles. The molecule has 2 N–H and O–H groups in total. The zero-order valence-electron chi connectivity index (χ0n) is 10.8. The van der Waals surface area contributed by atoms with Crippen molar-refractivity contribution in [2.24, 2.45) is 0 Å². The van der Waals surface area contributed by atoms with Crippen LogP contribution in [-0.2, 0) is 6.54 Å². The largest absolute Gasteiger partial charge is 0.393 e. The van der Waals surface area contributed by atoms with E-state index in [0.29, 0.717) is 0 Å². The van der Waals surface area contributed by atoms with Gasteiger partial charge in [0.15, 0.2) is 0 Å². The second-order valence-electron chi connectivity index (χ2n) is 4.52. The average molecular weight is 244 g/mol. The smallest absolute Gasteiger partial charge is 0.0705 e. The molecule has 0 saturated carbocycles. The Morgan fingerprint density at radius 3 is 2.89 bits per heavy atom. The van der Waals surface area contributed by atoms with Crippen LogP contribution in [-0.4, -0.2) is 22.7 Å². The Morgan fingerprint density at radius 2 is 2.06 bits per heavy atom. The Kier molecular flexibility index (Phi) is 4.67. The number of hydrogen-bond acceptors (Lipinski definition) is 3. The molecule has 1 heterocycles. The predicted molar refractivity (Wildman–Crippen MR) is 74.4 cm³/mol. The number of benzene rings is 1. The van der Waals surface area contributed by atoms with Crippen LogP contribution in [0.15, 0.2) is 36.4 Å². The highest BCUT2D eigenvalue weighted by atomic mass is 16.3. The van der Waals surface area contributed by atoms with Gasteiger partial charge in [-0.15, -0.1) is 0 Å². The molecule has 2 rings (SSSR count). The third-order valence-electron chi connectivity index (χ3n) is 3.09. The highest BCUT2D eigenvalue weighted by Gasteiger charge is 2.01. The second kappa shape index (κ2) is 6.47. The van der Waals surface area contributed by atoms with E-state index in [2.05, 4.69) is 22.4 Å². The zero-order valence-corrected chi connectivity index (χ0v) is 10.8. The fourth-order valence-electron chi connectivity index (χ4n) is 1.90. The van der Waals surface area contributed by atoms with E-state index in [0.717, 1.165) is 37.1 Å². The van der Waals surface area contributed by atoms with E-state index in [1.165, 1.54) is 5.39 Å². The summed E-state index contributed by atoms with van der Waals surface area (Å²) in [5.74, 6) is 0. The van der Waals surface area contributed by atoms with E-state index >= 15 is 0 Å². The van der Waals surface area contributed by atoms with Gasteiger partial charge in [0.2, 0.25) is 0 Å². The molecule has 1 aromatic carbocycles. The van der Waals surface area contributed by atoms with Crippen molar-refractivity contribution in [3.05, 3.63) is 42.1 Å². The Bertz CT molecular complexity index is 499. The van der Waals surface area contributed by atoms with E-state index < -0.39 is 0 Å². The molecule has 0 bridgehead atoms. The number of aliphatic hydroxyl groups is 1. The van der Waals surface area contributed by atoms with Gasteiger partial charge in [0.1, 0.15) is 0 Å². The highest BCUT2D eigenvalue weighted by Crippen LogP contribution is 2.11. The van der Waals surface area contributed by atoms with Gasteiger partial charge < -0.3 is 10.4 Å². The van der Waals surface area contributed by atoms with Gasteiger partial charge in [0.05, 0.1) is 17.3 Å². The van der Waals surface area contributed by atoms with Crippen LogP contribution in [0.1, 0.15) is 25.5 Å². The van der Waals surface area contributed by atoms with Crippen LogP contribution < -0.4 is 5.32 Å². The number of para-hydroxylation sites is 1. The lowest BCUT2D eigenvalue weighted by Gasteiger charge is -2.08. The first-order valence-corrected chi connectivity index (χ1v) is 6.53. The number of pyridine rings is 1. The van der Waals surface area contributed by atoms with Crippen LogP contribution >= 0.6 is 0 Å². The summed E-state index contributed by atoms with van der Waals surface area (Å²) in [6, 6.07) is 12.3. The van der Waals surface area contributed by atoms with Crippen molar-refractivity contribution >= 4 is 10.9 Å². The van der Waals surface area contributed by atoms with E-state index in [9.17, 15) is 5.11 Å². The van der Waals surface area contributed by atoms with Crippen LogP contribution in [0.2, 0.25) is 0 Å². The van der Waals surface area contributed by atoms with E-state index in [4.69, 9.17) is 0 Å². The van der Waals surface area contributed by atoms with Gasteiger partial charge in [-0.2, -0.15) is 0 Å². The first-order valence-electron chi connectivity index (χ1n) is 6.53.